The third-order valence-corrected chi connectivity index (χ3v) is 2.29. The van der Waals surface area contributed by atoms with E-state index < -0.39 is 0 Å². The van der Waals surface area contributed by atoms with E-state index >= 15 is 0 Å². The van der Waals surface area contributed by atoms with Gasteiger partial charge in [0.2, 0.25) is 0 Å². The summed E-state index contributed by atoms with van der Waals surface area (Å²) < 4.78 is 5.21. The Bertz CT molecular complexity index is 513. The molecule has 0 saturated carbocycles. The lowest BCUT2D eigenvalue weighted by molar-refractivity contribution is 0.112. The molecule has 2 rings (SSSR count). The van der Waals surface area contributed by atoms with Crippen LogP contribution < -0.4 is 16.2 Å². The van der Waals surface area contributed by atoms with E-state index in [1.807, 2.05) is 37.3 Å². The fourth-order valence-corrected chi connectivity index (χ4v) is 1.38. The molecule has 4 nitrogen and oxygen atoms in total. The minimum Gasteiger partial charge on any atom is -0.494 e. The first-order valence-electron chi connectivity index (χ1n) is 5.95. The van der Waals surface area contributed by atoms with Crippen LogP contribution in [0.2, 0.25) is 0 Å². The van der Waals surface area contributed by atoms with Gasteiger partial charge in [-0.25, -0.2) is 0 Å². The highest BCUT2D eigenvalue weighted by molar-refractivity contribution is 5.84. The maximum absolute atomic E-state index is 10.2. The third-order valence-electron chi connectivity index (χ3n) is 2.29. The molecule has 0 unspecified atom stereocenters. The van der Waals surface area contributed by atoms with Crippen LogP contribution in [-0.4, -0.2) is 12.9 Å². The predicted octanol–water partition coefficient (Wildman–Crippen LogP) is 2.75. The molecule has 0 atom stereocenters. The summed E-state index contributed by atoms with van der Waals surface area (Å²) in [5.41, 5.74) is 12.3. The van der Waals surface area contributed by atoms with E-state index in [9.17, 15) is 4.79 Å². The number of benzene rings is 2. The zero-order valence-electron chi connectivity index (χ0n) is 10.9. The first-order chi connectivity index (χ1) is 9.17. The van der Waals surface area contributed by atoms with Crippen molar-refractivity contribution in [1.82, 2.24) is 0 Å². The molecular formula is C15H18N2O2. The van der Waals surface area contributed by atoms with Gasteiger partial charge < -0.3 is 16.2 Å². The Balaban J connectivity index is 0.000000191. The Kier molecular flexibility index (Phi) is 5.95. The number of rotatable bonds is 3. The van der Waals surface area contributed by atoms with E-state index in [0.29, 0.717) is 23.2 Å². The normalized spacial score (nSPS) is 9.11. The molecule has 100 valence electrons. The van der Waals surface area contributed by atoms with Crippen molar-refractivity contribution >= 4 is 17.7 Å². The highest BCUT2D eigenvalue weighted by Crippen LogP contribution is 2.12. The van der Waals surface area contributed by atoms with Gasteiger partial charge in [0.05, 0.1) is 6.61 Å². The van der Waals surface area contributed by atoms with E-state index in [-0.39, 0.29) is 0 Å². The summed E-state index contributed by atoms with van der Waals surface area (Å²) in [7, 11) is 0. The van der Waals surface area contributed by atoms with Gasteiger partial charge in [-0.2, -0.15) is 0 Å². The van der Waals surface area contributed by atoms with Gasteiger partial charge >= 0.3 is 0 Å². The maximum Gasteiger partial charge on any atom is 0.152 e. The molecule has 2 aromatic rings. The number of nitrogen functional groups attached to an aromatic ring is 2. The van der Waals surface area contributed by atoms with Crippen molar-refractivity contribution in [3.05, 3.63) is 54.1 Å². The van der Waals surface area contributed by atoms with E-state index in [1.54, 1.807) is 18.2 Å². The Morgan fingerprint density at radius 3 is 2.32 bits per heavy atom. The lowest BCUT2D eigenvalue weighted by atomic mass is 10.2. The molecule has 0 spiro atoms. The van der Waals surface area contributed by atoms with Crippen molar-refractivity contribution in [1.29, 1.82) is 0 Å². The van der Waals surface area contributed by atoms with Crippen molar-refractivity contribution < 1.29 is 9.53 Å². The first kappa shape index (κ1) is 14.6. The van der Waals surface area contributed by atoms with Crippen molar-refractivity contribution in [3.8, 4) is 5.75 Å². The Morgan fingerprint density at radius 1 is 1.11 bits per heavy atom. The predicted molar refractivity (Wildman–Crippen MR) is 78.3 cm³/mol. The van der Waals surface area contributed by atoms with Crippen LogP contribution in [0.4, 0.5) is 11.4 Å². The fraction of sp³-hybridized carbons (Fsp3) is 0.133. The van der Waals surface area contributed by atoms with Crippen LogP contribution in [0.5, 0.6) is 5.75 Å². The molecular weight excluding hydrogens is 240 g/mol. The molecule has 0 aliphatic rings. The van der Waals surface area contributed by atoms with Crippen LogP contribution in [-0.2, 0) is 0 Å². The number of carbonyl (C=O) groups excluding carboxylic acids is 1. The molecule has 0 aliphatic heterocycles. The van der Waals surface area contributed by atoms with E-state index in [4.69, 9.17) is 16.2 Å². The topological polar surface area (TPSA) is 78.3 Å². The number of ether oxygens (including phenoxy) is 1. The molecule has 0 bridgehead atoms. The van der Waals surface area contributed by atoms with Crippen LogP contribution in [0.1, 0.15) is 17.3 Å². The second-order valence-electron chi connectivity index (χ2n) is 3.75. The zero-order valence-corrected chi connectivity index (χ0v) is 10.9. The van der Waals surface area contributed by atoms with Crippen LogP contribution >= 0.6 is 0 Å². The lowest BCUT2D eigenvalue weighted by Gasteiger charge is -1.99. The average molecular weight is 258 g/mol. The molecule has 0 heterocycles. The molecule has 0 aliphatic carbocycles. The van der Waals surface area contributed by atoms with Crippen LogP contribution in [0.3, 0.4) is 0 Å². The summed E-state index contributed by atoms with van der Waals surface area (Å²) in [6.07, 6.45) is 0.686. The summed E-state index contributed by atoms with van der Waals surface area (Å²) >= 11 is 0. The van der Waals surface area contributed by atoms with Crippen molar-refractivity contribution in [2.45, 2.75) is 6.92 Å². The van der Waals surface area contributed by atoms with Crippen LogP contribution in [0.15, 0.2) is 48.5 Å². The minimum atomic E-state index is 0.444. The quantitative estimate of drug-likeness (QED) is 0.655. The number of aldehydes is 1. The minimum absolute atomic E-state index is 0.444. The van der Waals surface area contributed by atoms with E-state index in [1.165, 1.54) is 0 Å². The van der Waals surface area contributed by atoms with E-state index in [2.05, 4.69) is 0 Å². The van der Waals surface area contributed by atoms with Crippen molar-refractivity contribution in [3.63, 3.8) is 0 Å². The number of nitrogens with two attached hydrogens (primary N) is 2. The molecule has 4 heteroatoms. The van der Waals surface area contributed by atoms with Gasteiger partial charge in [0.15, 0.2) is 6.29 Å². The number of hydrogen-bond acceptors (Lipinski definition) is 4. The molecule has 2 aromatic carbocycles. The van der Waals surface area contributed by atoms with Gasteiger partial charge in [0, 0.05) is 16.9 Å². The van der Waals surface area contributed by atoms with Crippen molar-refractivity contribution in [2.75, 3.05) is 18.1 Å². The average Bonchev–Trinajstić information content (AvgIpc) is 2.44. The summed E-state index contributed by atoms with van der Waals surface area (Å²) in [6.45, 7) is 2.72. The third kappa shape index (κ3) is 5.12. The van der Waals surface area contributed by atoms with Gasteiger partial charge in [0.25, 0.3) is 0 Å². The lowest BCUT2D eigenvalue weighted by Crippen LogP contribution is -1.94. The summed E-state index contributed by atoms with van der Waals surface area (Å²) in [5, 5.41) is 0. The first-order valence-corrected chi connectivity index (χ1v) is 5.95. The highest BCUT2D eigenvalue weighted by Gasteiger charge is 1.95. The number of anilines is 2. The highest BCUT2D eigenvalue weighted by atomic mass is 16.5. The molecule has 0 aromatic heterocycles. The number of para-hydroxylation sites is 1. The molecule has 0 fully saturated rings. The van der Waals surface area contributed by atoms with E-state index in [0.717, 1.165) is 12.4 Å². The maximum atomic E-state index is 10.2. The summed E-state index contributed by atoms with van der Waals surface area (Å²) in [4.78, 5) is 10.2. The molecule has 4 N–H and O–H groups in total. The molecule has 19 heavy (non-hydrogen) atoms. The van der Waals surface area contributed by atoms with Gasteiger partial charge in [-0.15, -0.1) is 0 Å². The van der Waals surface area contributed by atoms with Gasteiger partial charge in [-0.05, 0) is 37.3 Å². The van der Waals surface area contributed by atoms with Crippen LogP contribution in [0.25, 0.3) is 0 Å². The monoisotopic (exact) mass is 258 g/mol. The Hall–Kier alpha value is -2.49. The SMILES string of the molecule is CCOc1ccccc1.Nc1ccc(N)c(C=O)c1. The zero-order chi connectivity index (χ0) is 14.1. The second kappa shape index (κ2) is 7.76. The molecule has 0 amide bonds. The standard InChI is InChI=1S/C8H10O.C7H8N2O/c1-2-9-8-6-4-3-5-7-8;8-6-1-2-7(9)5(3-6)4-10/h3-7H,2H2,1H3;1-4H,8-9H2. The van der Waals surface area contributed by atoms with Gasteiger partial charge in [-0.1, -0.05) is 18.2 Å². The smallest absolute Gasteiger partial charge is 0.152 e. The number of carbonyl (C=O) groups is 1. The number of hydrogen-bond donors (Lipinski definition) is 2. The Morgan fingerprint density at radius 2 is 1.79 bits per heavy atom. The largest absolute Gasteiger partial charge is 0.494 e. The second-order valence-corrected chi connectivity index (χ2v) is 3.75. The molecule has 0 radical (unpaired) electrons. The molecule has 0 saturated heterocycles. The van der Waals surface area contributed by atoms with Crippen molar-refractivity contribution in [2.24, 2.45) is 0 Å². The van der Waals surface area contributed by atoms with Crippen LogP contribution in [0, 0.1) is 0 Å². The Labute approximate surface area is 113 Å². The summed E-state index contributed by atoms with van der Waals surface area (Å²) in [6, 6.07) is 14.6. The van der Waals surface area contributed by atoms with Gasteiger partial charge in [0.1, 0.15) is 5.75 Å². The fourth-order valence-electron chi connectivity index (χ4n) is 1.38. The van der Waals surface area contributed by atoms with Gasteiger partial charge in [-0.3, -0.25) is 4.79 Å². The summed E-state index contributed by atoms with van der Waals surface area (Å²) in [5.74, 6) is 0.944.